The van der Waals surface area contributed by atoms with Gasteiger partial charge in [0.15, 0.2) is 5.82 Å². The molecule has 0 radical (unpaired) electrons. The fraction of sp³-hybridized carbons (Fsp3) is 0.706. The third-order valence-corrected chi connectivity index (χ3v) is 5.14. The summed E-state index contributed by atoms with van der Waals surface area (Å²) in [6.45, 7) is 7.10. The first kappa shape index (κ1) is 16.7. The zero-order valence-electron chi connectivity index (χ0n) is 14.7. The minimum Gasteiger partial charge on any atom is -0.390 e. The van der Waals surface area contributed by atoms with E-state index in [2.05, 4.69) is 32.0 Å². The molecule has 3 heterocycles. The van der Waals surface area contributed by atoms with E-state index in [-0.39, 0.29) is 6.04 Å². The molecule has 0 unspecified atom stereocenters. The van der Waals surface area contributed by atoms with Crippen LogP contribution in [-0.4, -0.2) is 73.7 Å². The molecule has 1 saturated carbocycles. The SMILES string of the molecule is C[C@H](c1nc(C2CC2)no1)N1CCN(C[C@@H](O)Cn2cccn2)CC1. The molecule has 0 aromatic carbocycles. The molecular formula is C17H26N6O2. The van der Waals surface area contributed by atoms with E-state index in [1.54, 1.807) is 10.9 Å². The lowest BCUT2D eigenvalue weighted by molar-refractivity contribution is 0.0459. The first-order valence-electron chi connectivity index (χ1n) is 9.14. The van der Waals surface area contributed by atoms with Gasteiger partial charge in [-0.15, -0.1) is 0 Å². The van der Waals surface area contributed by atoms with Crippen molar-refractivity contribution in [1.82, 2.24) is 29.7 Å². The van der Waals surface area contributed by atoms with Gasteiger partial charge in [0.2, 0.25) is 5.89 Å². The molecule has 8 heteroatoms. The molecule has 1 aliphatic carbocycles. The van der Waals surface area contributed by atoms with Crippen molar-refractivity contribution in [2.24, 2.45) is 0 Å². The van der Waals surface area contributed by atoms with Gasteiger partial charge < -0.3 is 9.63 Å². The van der Waals surface area contributed by atoms with Crippen molar-refractivity contribution in [3.05, 3.63) is 30.2 Å². The Morgan fingerprint density at radius 1 is 1.24 bits per heavy atom. The Kier molecular flexibility index (Phi) is 4.82. The van der Waals surface area contributed by atoms with E-state index < -0.39 is 6.10 Å². The topological polar surface area (TPSA) is 83.5 Å². The van der Waals surface area contributed by atoms with E-state index in [1.807, 2.05) is 12.3 Å². The largest absolute Gasteiger partial charge is 0.390 e. The molecule has 2 aliphatic rings. The van der Waals surface area contributed by atoms with Crippen LogP contribution in [0.1, 0.15) is 43.4 Å². The van der Waals surface area contributed by atoms with Gasteiger partial charge in [-0.2, -0.15) is 10.1 Å². The molecule has 0 amide bonds. The van der Waals surface area contributed by atoms with Crippen molar-refractivity contribution in [3.63, 3.8) is 0 Å². The van der Waals surface area contributed by atoms with E-state index in [0.29, 0.717) is 19.0 Å². The molecule has 1 aliphatic heterocycles. The molecular weight excluding hydrogens is 320 g/mol. The fourth-order valence-corrected chi connectivity index (χ4v) is 3.39. The van der Waals surface area contributed by atoms with Gasteiger partial charge in [0.05, 0.1) is 18.7 Å². The maximum absolute atomic E-state index is 10.2. The third kappa shape index (κ3) is 4.08. The molecule has 0 bridgehead atoms. The molecule has 25 heavy (non-hydrogen) atoms. The van der Waals surface area contributed by atoms with Gasteiger partial charge in [-0.05, 0) is 25.8 Å². The Morgan fingerprint density at radius 2 is 2.04 bits per heavy atom. The van der Waals surface area contributed by atoms with Crippen molar-refractivity contribution in [3.8, 4) is 0 Å². The second-order valence-electron chi connectivity index (χ2n) is 7.16. The highest BCUT2D eigenvalue weighted by Crippen LogP contribution is 2.38. The molecule has 2 atom stereocenters. The van der Waals surface area contributed by atoms with Crippen molar-refractivity contribution in [1.29, 1.82) is 0 Å². The monoisotopic (exact) mass is 346 g/mol. The summed E-state index contributed by atoms with van der Waals surface area (Å²) < 4.78 is 7.24. The highest BCUT2D eigenvalue weighted by molar-refractivity contribution is 5.04. The van der Waals surface area contributed by atoms with Gasteiger partial charge in [-0.25, -0.2) is 0 Å². The minimum absolute atomic E-state index is 0.149. The van der Waals surface area contributed by atoms with Gasteiger partial charge in [0.1, 0.15) is 0 Å². The number of aliphatic hydroxyl groups excluding tert-OH is 1. The van der Waals surface area contributed by atoms with E-state index in [9.17, 15) is 5.11 Å². The normalized spacial score (nSPS) is 22.2. The van der Waals surface area contributed by atoms with E-state index >= 15 is 0 Å². The maximum atomic E-state index is 10.2. The number of nitrogens with zero attached hydrogens (tertiary/aromatic N) is 6. The zero-order valence-corrected chi connectivity index (χ0v) is 14.7. The van der Waals surface area contributed by atoms with Crippen molar-refractivity contribution in [2.45, 2.75) is 44.4 Å². The van der Waals surface area contributed by atoms with E-state index in [4.69, 9.17) is 4.52 Å². The molecule has 8 nitrogen and oxygen atoms in total. The van der Waals surface area contributed by atoms with Crippen LogP contribution >= 0.6 is 0 Å². The Balaban J connectivity index is 1.24. The van der Waals surface area contributed by atoms with Crippen LogP contribution in [0.4, 0.5) is 0 Å². The third-order valence-electron chi connectivity index (χ3n) is 5.14. The predicted octanol–water partition coefficient (Wildman–Crippen LogP) is 0.883. The van der Waals surface area contributed by atoms with Crippen LogP contribution < -0.4 is 0 Å². The zero-order chi connectivity index (χ0) is 17.2. The van der Waals surface area contributed by atoms with E-state index in [0.717, 1.165) is 37.9 Å². The summed E-state index contributed by atoms with van der Waals surface area (Å²) in [5, 5.41) is 18.5. The fourth-order valence-electron chi connectivity index (χ4n) is 3.39. The van der Waals surface area contributed by atoms with Crippen LogP contribution in [0.3, 0.4) is 0 Å². The number of rotatable bonds is 7. The summed E-state index contributed by atoms with van der Waals surface area (Å²) >= 11 is 0. The highest BCUT2D eigenvalue weighted by atomic mass is 16.5. The lowest BCUT2D eigenvalue weighted by atomic mass is 10.2. The summed E-state index contributed by atoms with van der Waals surface area (Å²) in [6.07, 6.45) is 5.59. The Bertz CT molecular complexity index is 660. The van der Waals surface area contributed by atoms with Crippen LogP contribution in [-0.2, 0) is 6.54 Å². The first-order valence-corrected chi connectivity index (χ1v) is 9.14. The average molecular weight is 346 g/mol. The van der Waals surface area contributed by atoms with Gasteiger partial charge in [0, 0.05) is 51.0 Å². The van der Waals surface area contributed by atoms with Crippen molar-refractivity contribution in [2.75, 3.05) is 32.7 Å². The van der Waals surface area contributed by atoms with Crippen LogP contribution in [0, 0.1) is 0 Å². The molecule has 4 rings (SSSR count). The maximum Gasteiger partial charge on any atom is 0.243 e. The Morgan fingerprint density at radius 3 is 2.72 bits per heavy atom. The van der Waals surface area contributed by atoms with Crippen molar-refractivity contribution >= 4 is 0 Å². The van der Waals surface area contributed by atoms with Crippen LogP contribution in [0.25, 0.3) is 0 Å². The average Bonchev–Trinajstić information content (AvgIpc) is 3.13. The van der Waals surface area contributed by atoms with Crippen molar-refractivity contribution < 1.29 is 9.63 Å². The second kappa shape index (κ2) is 7.23. The molecule has 1 N–H and O–H groups in total. The summed E-state index contributed by atoms with van der Waals surface area (Å²) in [5.74, 6) is 2.13. The van der Waals surface area contributed by atoms with Crippen LogP contribution in [0.15, 0.2) is 23.0 Å². The molecule has 136 valence electrons. The van der Waals surface area contributed by atoms with Gasteiger partial charge >= 0.3 is 0 Å². The molecule has 2 fully saturated rings. The second-order valence-corrected chi connectivity index (χ2v) is 7.16. The number of β-amino-alcohol motifs (C(OH)–C–C–N with tert-alkyl or cyclic N) is 1. The number of aromatic nitrogens is 4. The summed E-state index contributed by atoms with van der Waals surface area (Å²) in [7, 11) is 0. The van der Waals surface area contributed by atoms with Gasteiger partial charge in [-0.3, -0.25) is 14.5 Å². The lowest BCUT2D eigenvalue weighted by Gasteiger charge is -2.37. The van der Waals surface area contributed by atoms with Gasteiger partial charge in [0.25, 0.3) is 0 Å². The standard InChI is InChI=1S/C17H26N6O2/c1-13(17-19-16(20-25-17)14-3-4-14)22-9-7-21(8-10-22)11-15(24)12-23-6-2-5-18-23/h2,5-6,13-15,24H,3-4,7-12H2,1H3/t13-,15-/m1/s1. The van der Waals surface area contributed by atoms with E-state index in [1.165, 1.54) is 12.8 Å². The smallest absolute Gasteiger partial charge is 0.243 e. The van der Waals surface area contributed by atoms with Gasteiger partial charge in [-0.1, -0.05) is 5.16 Å². The number of hydrogen-bond donors (Lipinski definition) is 1. The molecule has 1 saturated heterocycles. The Labute approximate surface area is 147 Å². The first-order chi connectivity index (χ1) is 12.2. The van der Waals surface area contributed by atoms with Crippen LogP contribution in [0.2, 0.25) is 0 Å². The summed E-state index contributed by atoms with van der Waals surface area (Å²) in [6, 6.07) is 2.02. The number of hydrogen-bond acceptors (Lipinski definition) is 7. The summed E-state index contributed by atoms with van der Waals surface area (Å²) in [5.41, 5.74) is 0. The van der Waals surface area contributed by atoms with Crippen LogP contribution in [0.5, 0.6) is 0 Å². The quantitative estimate of drug-likeness (QED) is 0.797. The number of piperazine rings is 1. The molecule has 2 aromatic rings. The highest BCUT2D eigenvalue weighted by Gasteiger charge is 2.31. The minimum atomic E-state index is -0.402. The number of aliphatic hydroxyl groups is 1. The predicted molar refractivity (Wildman–Crippen MR) is 90.9 cm³/mol. The Hall–Kier alpha value is -1.77. The molecule has 2 aromatic heterocycles. The molecule has 0 spiro atoms. The summed E-state index contributed by atoms with van der Waals surface area (Å²) in [4.78, 5) is 9.26. The lowest BCUT2D eigenvalue weighted by Crippen LogP contribution is -2.49.